The molecule has 3 aromatic rings. The fraction of sp³-hybridized carbons (Fsp3) is 0.250. The summed E-state index contributed by atoms with van der Waals surface area (Å²) >= 11 is 0. The highest BCUT2D eigenvalue weighted by Crippen LogP contribution is 2.28. The molecule has 0 aliphatic carbocycles. The first kappa shape index (κ1) is 17.2. The number of nitrogens with zero attached hydrogens (tertiary/aromatic N) is 1. The molecule has 1 aromatic heterocycles. The molecule has 0 spiro atoms. The fourth-order valence-electron chi connectivity index (χ4n) is 2.89. The van der Waals surface area contributed by atoms with Crippen molar-refractivity contribution in [2.24, 2.45) is 0 Å². The Bertz CT molecular complexity index is 888. The summed E-state index contributed by atoms with van der Waals surface area (Å²) in [6, 6.07) is 14.0. The second-order valence-corrected chi connectivity index (χ2v) is 5.93. The molecule has 0 saturated carbocycles. The smallest absolute Gasteiger partial charge is 0.374 e. The number of benzene rings is 2. The Hall–Kier alpha value is -2.66. The maximum absolute atomic E-state index is 13.4. The predicted molar refractivity (Wildman–Crippen MR) is 93.7 cm³/mol. The maximum Gasteiger partial charge on any atom is 0.374 e. The molecule has 25 heavy (non-hydrogen) atoms. The van der Waals surface area contributed by atoms with Gasteiger partial charge in [-0.2, -0.15) is 0 Å². The lowest BCUT2D eigenvalue weighted by Gasteiger charge is -2.17. The normalized spacial score (nSPS) is 11.2. The number of halogens is 1. The molecule has 4 nitrogen and oxygen atoms in total. The van der Waals surface area contributed by atoms with Gasteiger partial charge in [0, 0.05) is 24.0 Å². The number of carbonyl (C=O) groups excluding carboxylic acids is 1. The van der Waals surface area contributed by atoms with Crippen molar-refractivity contribution in [2.45, 2.75) is 20.0 Å². The van der Waals surface area contributed by atoms with Crippen LogP contribution >= 0.6 is 0 Å². The lowest BCUT2D eigenvalue weighted by Crippen LogP contribution is -2.19. The molecular formula is C20H20FNO3. The molecule has 0 fully saturated rings. The van der Waals surface area contributed by atoms with Gasteiger partial charge in [0.05, 0.1) is 6.61 Å². The quantitative estimate of drug-likeness (QED) is 0.624. The highest BCUT2D eigenvalue weighted by molar-refractivity contribution is 5.96. The number of para-hydroxylation sites is 1. The SMILES string of the molecule is CCOC(=O)c1oc2ccccc2c1CN(C)Cc1cccc(F)c1. The fourth-order valence-corrected chi connectivity index (χ4v) is 2.89. The molecule has 0 bridgehead atoms. The van der Waals surface area contributed by atoms with Crippen LogP contribution < -0.4 is 0 Å². The zero-order valence-electron chi connectivity index (χ0n) is 14.3. The third-order valence-electron chi connectivity index (χ3n) is 3.93. The predicted octanol–water partition coefficient (Wildman–Crippen LogP) is 4.38. The second kappa shape index (κ2) is 7.49. The van der Waals surface area contributed by atoms with Crippen LogP contribution in [0.5, 0.6) is 0 Å². The van der Waals surface area contributed by atoms with Crippen LogP contribution in [0.3, 0.4) is 0 Å². The summed E-state index contributed by atoms with van der Waals surface area (Å²) < 4.78 is 24.2. The molecule has 0 unspecified atom stereocenters. The van der Waals surface area contributed by atoms with Gasteiger partial charge >= 0.3 is 5.97 Å². The first-order valence-corrected chi connectivity index (χ1v) is 8.19. The summed E-state index contributed by atoms with van der Waals surface area (Å²) in [5, 5.41) is 0.886. The van der Waals surface area contributed by atoms with Crippen LogP contribution in [0.1, 0.15) is 28.6 Å². The lowest BCUT2D eigenvalue weighted by atomic mass is 10.1. The summed E-state index contributed by atoms with van der Waals surface area (Å²) in [4.78, 5) is 14.2. The summed E-state index contributed by atoms with van der Waals surface area (Å²) in [6.45, 7) is 3.09. The van der Waals surface area contributed by atoms with E-state index in [2.05, 4.69) is 0 Å². The van der Waals surface area contributed by atoms with Crippen molar-refractivity contribution in [3.63, 3.8) is 0 Å². The average molecular weight is 341 g/mol. The van der Waals surface area contributed by atoms with Crippen LogP contribution in [0.15, 0.2) is 52.9 Å². The summed E-state index contributed by atoms with van der Waals surface area (Å²) in [6.07, 6.45) is 0. The second-order valence-electron chi connectivity index (χ2n) is 5.93. The number of hydrogen-bond donors (Lipinski definition) is 0. The van der Waals surface area contributed by atoms with Crippen LogP contribution in [-0.2, 0) is 17.8 Å². The van der Waals surface area contributed by atoms with Gasteiger partial charge in [-0.15, -0.1) is 0 Å². The Kier molecular flexibility index (Phi) is 5.14. The van der Waals surface area contributed by atoms with Gasteiger partial charge in [0.2, 0.25) is 5.76 Å². The van der Waals surface area contributed by atoms with E-state index >= 15 is 0 Å². The number of esters is 1. The number of rotatable bonds is 6. The molecule has 1 heterocycles. The van der Waals surface area contributed by atoms with Crippen molar-refractivity contribution < 1.29 is 18.3 Å². The largest absolute Gasteiger partial charge is 0.460 e. The topological polar surface area (TPSA) is 42.7 Å². The third kappa shape index (κ3) is 3.88. The van der Waals surface area contributed by atoms with Gasteiger partial charge in [0.1, 0.15) is 11.4 Å². The van der Waals surface area contributed by atoms with Crippen molar-refractivity contribution in [1.82, 2.24) is 4.90 Å². The molecular weight excluding hydrogens is 321 g/mol. The van der Waals surface area contributed by atoms with Crippen molar-refractivity contribution in [1.29, 1.82) is 0 Å². The number of furan rings is 1. The first-order valence-electron chi connectivity index (χ1n) is 8.19. The first-order chi connectivity index (χ1) is 12.1. The van der Waals surface area contributed by atoms with Gasteiger partial charge in [-0.1, -0.05) is 30.3 Å². The standard InChI is InChI=1S/C20H20FNO3/c1-3-24-20(23)19-17(16-9-4-5-10-18(16)25-19)13-22(2)12-14-7-6-8-15(21)11-14/h4-11H,3,12-13H2,1-2H3. The van der Waals surface area contributed by atoms with Gasteiger partial charge < -0.3 is 9.15 Å². The Morgan fingerprint density at radius 2 is 1.96 bits per heavy atom. The molecule has 2 aromatic carbocycles. The molecule has 3 rings (SSSR count). The highest BCUT2D eigenvalue weighted by Gasteiger charge is 2.22. The van der Waals surface area contributed by atoms with Crippen LogP contribution in [0, 0.1) is 5.82 Å². The molecule has 5 heteroatoms. The minimum atomic E-state index is -0.465. The van der Waals surface area contributed by atoms with E-state index < -0.39 is 5.97 Å². The molecule has 0 N–H and O–H groups in total. The van der Waals surface area contributed by atoms with Crippen LogP contribution in [0.2, 0.25) is 0 Å². The zero-order valence-corrected chi connectivity index (χ0v) is 14.3. The van der Waals surface area contributed by atoms with E-state index in [-0.39, 0.29) is 18.2 Å². The molecule has 0 radical (unpaired) electrons. The third-order valence-corrected chi connectivity index (χ3v) is 3.93. The minimum Gasteiger partial charge on any atom is -0.460 e. The molecule has 0 amide bonds. The van der Waals surface area contributed by atoms with Crippen LogP contribution in [0.25, 0.3) is 11.0 Å². The van der Waals surface area contributed by atoms with Crippen LogP contribution in [0.4, 0.5) is 4.39 Å². The van der Waals surface area contributed by atoms with Crippen LogP contribution in [-0.4, -0.2) is 24.5 Å². The van der Waals surface area contributed by atoms with Crippen molar-refractivity contribution >= 4 is 16.9 Å². The average Bonchev–Trinajstić information content (AvgIpc) is 2.94. The Morgan fingerprint density at radius 1 is 1.16 bits per heavy atom. The van der Waals surface area contributed by atoms with Gasteiger partial charge in [-0.25, -0.2) is 9.18 Å². The number of fused-ring (bicyclic) bond motifs is 1. The molecule has 0 aliphatic rings. The van der Waals surface area contributed by atoms with Crippen molar-refractivity contribution in [2.75, 3.05) is 13.7 Å². The maximum atomic E-state index is 13.4. The summed E-state index contributed by atoms with van der Waals surface area (Å²) in [5.74, 6) is -0.492. The van der Waals surface area contributed by atoms with Gasteiger partial charge in [-0.3, -0.25) is 4.90 Å². The van der Waals surface area contributed by atoms with E-state index in [1.807, 2.05) is 42.3 Å². The van der Waals surface area contributed by atoms with Gasteiger partial charge in [0.25, 0.3) is 0 Å². The highest BCUT2D eigenvalue weighted by atomic mass is 19.1. The van der Waals surface area contributed by atoms with E-state index in [9.17, 15) is 9.18 Å². The van der Waals surface area contributed by atoms with E-state index in [4.69, 9.17) is 9.15 Å². The lowest BCUT2D eigenvalue weighted by molar-refractivity contribution is 0.0489. The van der Waals surface area contributed by atoms with Crippen molar-refractivity contribution in [3.05, 3.63) is 71.2 Å². The van der Waals surface area contributed by atoms with E-state index in [0.717, 1.165) is 16.5 Å². The molecule has 0 saturated heterocycles. The number of hydrogen-bond acceptors (Lipinski definition) is 4. The monoisotopic (exact) mass is 341 g/mol. The number of carbonyl (C=O) groups is 1. The zero-order chi connectivity index (χ0) is 17.8. The molecule has 130 valence electrons. The van der Waals surface area contributed by atoms with E-state index in [1.165, 1.54) is 12.1 Å². The molecule has 0 atom stereocenters. The minimum absolute atomic E-state index is 0.231. The van der Waals surface area contributed by atoms with E-state index in [1.54, 1.807) is 13.0 Å². The Labute approximate surface area is 145 Å². The van der Waals surface area contributed by atoms with E-state index in [0.29, 0.717) is 18.7 Å². The summed E-state index contributed by atoms with van der Waals surface area (Å²) in [5.41, 5.74) is 2.31. The Morgan fingerprint density at radius 3 is 2.72 bits per heavy atom. The van der Waals surface area contributed by atoms with Gasteiger partial charge in [-0.05, 0) is 37.7 Å². The van der Waals surface area contributed by atoms with Gasteiger partial charge in [0.15, 0.2) is 0 Å². The van der Waals surface area contributed by atoms with Crippen molar-refractivity contribution in [3.8, 4) is 0 Å². The number of ether oxygens (including phenoxy) is 1. The molecule has 0 aliphatic heterocycles. The summed E-state index contributed by atoms with van der Waals surface area (Å²) in [7, 11) is 1.92. The Balaban J connectivity index is 1.88.